The number of benzene rings is 1. The summed E-state index contributed by atoms with van der Waals surface area (Å²) in [6, 6.07) is 11.8. The summed E-state index contributed by atoms with van der Waals surface area (Å²) >= 11 is 0. The first kappa shape index (κ1) is 19.5. The Balaban J connectivity index is 1.81. The van der Waals surface area contributed by atoms with E-state index in [1.165, 1.54) is 6.07 Å². The monoisotopic (exact) mass is 404 g/mol. The molecule has 0 bridgehead atoms. The van der Waals surface area contributed by atoms with E-state index in [2.05, 4.69) is 20.7 Å². The molecule has 0 atom stereocenters. The second kappa shape index (κ2) is 8.28. The molecule has 3 aromatic heterocycles. The lowest BCUT2D eigenvalue weighted by atomic mass is 10.0. The van der Waals surface area contributed by atoms with Crippen LogP contribution in [0.3, 0.4) is 0 Å². The topological polar surface area (TPSA) is 84.2 Å². The van der Waals surface area contributed by atoms with Gasteiger partial charge in [-0.1, -0.05) is 6.92 Å². The second-order valence-electron chi connectivity index (χ2n) is 6.88. The summed E-state index contributed by atoms with van der Waals surface area (Å²) in [4.78, 5) is 21.0. The average Bonchev–Trinajstić information content (AvgIpc) is 3.14. The smallest absolute Gasteiger partial charge is 0.320 e. The molecule has 0 radical (unpaired) electrons. The molecule has 3 heterocycles. The number of amides is 2. The minimum atomic E-state index is -0.313. The molecule has 152 valence electrons. The molecule has 8 heteroatoms. The molecule has 0 aliphatic carbocycles. The van der Waals surface area contributed by atoms with Crippen molar-refractivity contribution in [3.63, 3.8) is 0 Å². The van der Waals surface area contributed by atoms with E-state index in [0.717, 1.165) is 23.2 Å². The van der Waals surface area contributed by atoms with Crippen molar-refractivity contribution >= 4 is 17.5 Å². The largest absolute Gasteiger partial charge is 0.338 e. The number of imidazole rings is 1. The number of fused-ring (bicyclic) bond motifs is 1. The van der Waals surface area contributed by atoms with Gasteiger partial charge in [-0.3, -0.25) is 5.32 Å². The Morgan fingerprint density at radius 1 is 1.13 bits per heavy atom. The maximum atomic E-state index is 13.8. The van der Waals surface area contributed by atoms with Crippen molar-refractivity contribution in [2.45, 2.75) is 20.3 Å². The second-order valence-corrected chi connectivity index (χ2v) is 6.88. The van der Waals surface area contributed by atoms with Crippen molar-refractivity contribution in [3.05, 3.63) is 66.2 Å². The van der Waals surface area contributed by atoms with Crippen LogP contribution in [0, 0.1) is 12.7 Å². The molecule has 30 heavy (non-hydrogen) atoms. The van der Waals surface area contributed by atoms with Crippen molar-refractivity contribution < 1.29 is 9.18 Å². The summed E-state index contributed by atoms with van der Waals surface area (Å²) in [5.74, 6) is 0.142. The number of nitrogens with one attached hydrogen (secondary N) is 2. The summed E-state index contributed by atoms with van der Waals surface area (Å²) < 4.78 is 15.5. The van der Waals surface area contributed by atoms with Gasteiger partial charge in [0.05, 0.1) is 5.69 Å². The number of anilines is 1. The lowest BCUT2D eigenvalue weighted by Gasteiger charge is -2.09. The van der Waals surface area contributed by atoms with Crippen LogP contribution >= 0.6 is 0 Å². The molecular formula is C22H21FN6O. The number of urea groups is 1. The van der Waals surface area contributed by atoms with Crippen LogP contribution in [0.2, 0.25) is 0 Å². The highest BCUT2D eigenvalue weighted by Crippen LogP contribution is 2.33. The summed E-state index contributed by atoms with van der Waals surface area (Å²) in [5, 5.41) is 9.93. The fraction of sp³-hybridized carbons (Fsp3) is 0.182. The van der Waals surface area contributed by atoms with Crippen LogP contribution in [-0.2, 0) is 0 Å². The summed E-state index contributed by atoms with van der Waals surface area (Å²) in [6.45, 7) is 4.28. The fourth-order valence-electron chi connectivity index (χ4n) is 3.19. The molecule has 7 nitrogen and oxygen atoms in total. The van der Waals surface area contributed by atoms with E-state index in [9.17, 15) is 9.18 Å². The molecule has 2 N–H and O–H groups in total. The van der Waals surface area contributed by atoms with E-state index in [1.54, 1.807) is 42.0 Å². The molecule has 0 spiro atoms. The predicted octanol–water partition coefficient (Wildman–Crippen LogP) is 4.44. The van der Waals surface area contributed by atoms with E-state index in [1.807, 2.05) is 25.1 Å². The Hall–Kier alpha value is -3.81. The first-order chi connectivity index (χ1) is 14.6. The Bertz CT molecular complexity index is 1220. The van der Waals surface area contributed by atoms with Crippen molar-refractivity contribution in [1.29, 1.82) is 0 Å². The van der Waals surface area contributed by atoms with Gasteiger partial charge in [0.1, 0.15) is 17.3 Å². The molecule has 0 saturated carbocycles. The number of aryl methyl sites for hydroxylation is 1. The standard InChI is InChI=1S/C22H21FN6O/c1-3-9-25-22(30)27-18-13-16(8-11-24-18)21-20(15-6-7-17(23)14(2)12-15)28-19-5-4-10-26-29(19)21/h4-8,10-13H,3,9H2,1-2H3,(H2,24,25,27,30). The van der Waals surface area contributed by atoms with Crippen LogP contribution in [0.25, 0.3) is 28.2 Å². The molecule has 2 amide bonds. The van der Waals surface area contributed by atoms with Crippen LogP contribution in [0.1, 0.15) is 18.9 Å². The van der Waals surface area contributed by atoms with Crippen molar-refractivity contribution in [2.24, 2.45) is 0 Å². The Morgan fingerprint density at radius 3 is 2.80 bits per heavy atom. The molecule has 1 aromatic carbocycles. The number of hydrogen-bond acceptors (Lipinski definition) is 4. The van der Waals surface area contributed by atoms with E-state index in [-0.39, 0.29) is 11.8 Å². The lowest BCUT2D eigenvalue weighted by molar-refractivity contribution is 0.252. The zero-order valence-electron chi connectivity index (χ0n) is 16.7. The third kappa shape index (κ3) is 3.84. The minimum Gasteiger partial charge on any atom is -0.338 e. The van der Waals surface area contributed by atoms with Gasteiger partial charge in [0.25, 0.3) is 0 Å². The van der Waals surface area contributed by atoms with E-state index < -0.39 is 0 Å². The van der Waals surface area contributed by atoms with E-state index in [4.69, 9.17) is 4.98 Å². The van der Waals surface area contributed by atoms with Gasteiger partial charge in [-0.05, 0) is 61.4 Å². The van der Waals surface area contributed by atoms with Crippen LogP contribution in [-0.4, -0.2) is 32.2 Å². The molecule has 4 rings (SSSR count). The Kier molecular flexibility index (Phi) is 5.38. The van der Waals surface area contributed by atoms with Gasteiger partial charge in [-0.2, -0.15) is 5.10 Å². The van der Waals surface area contributed by atoms with E-state index in [0.29, 0.717) is 29.3 Å². The van der Waals surface area contributed by atoms with Gasteiger partial charge in [0.15, 0.2) is 5.65 Å². The summed E-state index contributed by atoms with van der Waals surface area (Å²) in [6.07, 6.45) is 4.14. The third-order valence-corrected chi connectivity index (χ3v) is 4.63. The first-order valence-electron chi connectivity index (χ1n) is 9.68. The highest BCUT2D eigenvalue weighted by atomic mass is 19.1. The zero-order valence-corrected chi connectivity index (χ0v) is 16.7. The SMILES string of the molecule is CCCNC(=O)Nc1cc(-c2c(-c3ccc(F)c(C)c3)nc3cccnn23)ccn1. The van der Waals surface area contributed by atoms with Gasteiger partial charge in [0, 0.05) is 30.1 Å². The Labute approximate surface area is 173 Å². The molecule has 0 unspecified atom stereocenters. The zero-order chi connectivity index (χ0) is 21.1. The van der Waals surface area contributed by atoms with Gasteiger partial charge in [-0.15, -0.1) is 0 Å². The van der Waals surface area contributed by atoms with Crippen LogP contribution in [0.4, 0.5) is 15.0 Å². The number of aromatic nitrogens is 4. The highest BCUT2D eigenvalue weighted by molar-refractivity contribution is 5.89. The molecule has 0 aliphatic heterocycles. The maximum absolute atomic E-state index is 13.8. The highest BCUT2D eigenvalue weighted by Gasteiger charge is 2.18. The van der Waals surface area contributed by atoms with Crippen LogP contribution in [0.5, 0.6) is 0 Å². The van der Waals surface area contributed by atoms with Crippen LogP contribution < -0.4 is 10.6 Å². The van der Waals surface area contributed by atoms with E-state index >= 15 is 0 Å². The molecular weight excluding hydrogens is 383 g/mol. The fourth-order valence-corrected chi connectivity index (χ4v) is 3.19. The lowest BCUT2D eigenvalue weighted by Crippen LogP contribution is -2.29. The predicted molar refractivity (Wildman–Crippen MR) is 114 cm³/mol. The van der Waals surface area contributed by atoms with Gasteiger partial charge in [0.2, 0.25) is 0 Å². The number of carbonyl (C=O) groups excluding carboxylic acids is 1. The van der Waals surface area contributed by atoms with Crippen LogP contribution in [0.15, 0.2) is 54.9 Å². The summed E-state index contributed by atoms with van der Waals surface area (Å²) in [5.41, 5.74) is 4.16. The molecule has 0 aliphatic rings. The minimum absolute atomic E-state index is 0.268. The van der Waals surface area contributed by atoms with Gasteiger partial charge in [-0.25, -0.2) is 23.7 Å². The molecule has 0 fully saturated rings. The number of carbonyl (C=O) groups is 1. The van der Waals surface area contributed by atoms with Crippen molar-refractivity contribution in [3.8, 4) is 22.5 Å². The summed E-state index contributed by atoms with van der Waals surface area (Å²) in [7, 11) is 0. The number of rotatable bonds is 5. The van der Waals surface area contributed by atoms with Crippen molar-refractivity contribution in [2.75, 3.05) is 11.9 Å². The van der Waals surface area contributed by atoms with Gasteiger partial charge >= 0.3 is 6.03 Å². The van der Waals surface area contributed by atoms with Crippen molar-refractivity contribution in [1.82, 2.24) is 24.9 Å². The average molecular weight is 404 g/mol. The normalized spacial score (nSPS) is 10.9. The quantitative estimate of drug-likeness (QED) is 0.515. The number of pyridine rings is 1. The number of nitrogens with zero attached hydrogens (tertiary/aromatic N) is 4. The maximum Gasteiger partial charge on any atom is 0.320 e. The number of hydrogen-bond donors (Lipinski definition) is 2. The molecule has 0 saturated heterocycles. The third-order valence-electron chi connectivity index (χ3n) is 4.63. The number of halogens is 1. The first-order valence-corrected chi connectivity index (χ1v) is 9.68. The van der Waals surface area contributed by atoms with Gasteiger partial charge < -0.3 is 5.32 Å². The Morgan fingerprint density at radius 2 is 2.00 bits per heavy atom. The molecule has 4 aromatic rings.